The zero-order chi connectivity index (χ0) is 20.1. The molecule has 4 aromatic rings. The van der Waals surface area contributed by atoms with Crippen LogP contribution < -0.4 is 4.90 Å². The Hall–Kier alpha value is -2.80. The molecule has 6 rings (SSSR count). The minimum absolute atomic E-state index is 0.312. The minimum Gasteiger partial charge on any atom is -0.420 e. The summed E-state index contributed by atoms with van der Waals surface area (Å²) in [5, 5.41) is 9.88. The summed E-state index contributed by atoms with van der Waals surface area (Å²) in [6, 6.07) is 12.3. The Morgan fingerprint density at radius 2 is 1.97 bits per heavy atom. The van der Waals surface area contributed by atoms with Gasteiger partial charge in [-0.05, 0) is 49.3 Å². The molecule has 4 heterocycles. The summed E-state index contributed by atoms with van der Waals surface area (Å²) in [6.45, 7) is 4.22. The molecular formula is C23H23N5OS. The number of hydrogen-bond donors (Lipinski definition) is 0. The molecule has 1 saturated heterocycles. The van der Waals surface area contributed by atoms with Crippen molar-refractivity contribution in [2.75, 3.05) is 18.0 Å². The lowest BCUT2D eigenvalue weighted by atomic mass is 9.90. The van der Waals surface area contributed by atoms with E-state index in [2.05, 4.69) is 38.1 Å². The van der Waals surface area contributed by atoms with Crippen molar-refractivity contribution < 1.29 is 4.42 Å². The summed E-state index contributed by atoms with van der Waals surface area (Å²) in [5.74, 6) is 2.91. The van der Waals surface area contributed by atoms with Gasteiger partial charge in [0.15, 0.2) is 0 Å². The molecular weight excluding hydrogens is 394 g/mol. The van der Waals surface area contributed by atoms with Crippen LogP contribution in [0.5, 0.6) is 0 Å². The number of fused-ring (bicyclic) bond motifs is 1. The second-order valence-electron chi connectivity index (χ2n) is 8.40. The van der Waals surface area contributed by atoms with E-state index in [1.54, 1.807) is 17.7 Å². The Kier molecular flexibility index (Phi) is 4.13. The largest absolute Gasteiger partial charge is 0.420 e. The standard InChI is InChI=1S/C23H23N5OS/c1-2-16-12-17-19(24-14-25-22(17)30-16)28-10-8-23(9-11-28)13-18(23)21-27-26-20(29-21)15-6-4-3-5-7-15/h3-7,12,14,18H,2,8-11,13H2,1H3/t18-/m1/s1. The van der Waals surface area contributed by atoms with Crippen LogP contribution in [0.3, 0.4) is 0 Å². The molecule has 1 aliphatic carbocycles. The lowest BCUT2D eigenvalue weighted by Gasteiger charge is -2.33. The van der Waals surface area contributed by atoms with E-state index in [9.17, 15) is 0 Å². The number of rotatable bonds is 4. The number of benzene rings is 1. The highest BCUT2D eigenvalue weighted by Gasteiger charge is 2.58. The van der Waals surface area contributed by atoms with E-state index in [0.29, 0.717) is 17.2 Å². The van der Waals surface area contributed by atoms with Gasteiger partial charge in [-0.3, -0.25) is 0 Å². The summed E-state index contributed by atoms with van der Waals surface area (Å²) < 4.78 is 6.05. The van der Waals surface area contributed by atoms with Crippen molar-refractivity contribution in [1.29, 1.82) is 0 Å². The highest BCUT2D eigenvalue weighted by molar-refractivity contribution is 7.18. The molecule has 1 saturated carbocycles. The maximum Gasteiger partial charge on any atom is 0.247 e. The van der Waals surface area contributed by atoms with E-state index in [1.807, 2.05) is 30.3 Å². The predicted octanol–water partition coefficient (Wildman–Crippen LogP) is 5.08. The van der Waals surface area contributed by atoms with Gasteiger partial charge in [0.1, 0.15) is 17.0 Å². The van der Waals surface area contributed by atoms with E-state index in [-0.39, 0.29) is 0 Å². The molecule has 0 amide bonds. The van der Waals surface area contributed by atoms with E-state index >= 15 is 0 Å². The zero-order valence-electron chi connectivity index (χ0n) is 16.9. The third-order valence-corrected chi connectivity index (χ3v) is 7.90. The van der Waals surface area contributed by atoms with Crippen LogP contribution in [0.4, 0.5) is 5.82 Å². The van der Waals surface area contributed by atoms with Gasteiger partial charge in [-0.2, -0.15) is 0 Å². The van der Waals surface area contributed by atoms with Crippen molar-refractivity contribution in [1.82, 2.24) is 20.2 Å². The van der Waals surface area contributed by atoms with Crippen LogP contribution in [0, 0.1) is 5.41 Å². The quantitative estimate of drug-likeness (QED) is 0.461. The Labute approximate surface area is 179 Å². The number of aryl methyl sites for hydroxylation is 1. The normalized spacial score (nSPS) is 20.2. The fraction of sp³-hybridized carbons (Fsp3) is 0.391. The van der Waals surface area contributed by atoms with Crippen LogP contribution in [0.15, 0.2) is 47.1 Å². The molecule has 0 bridgehead atoms. The second-order valence-corrected chi connectivity index (χ2v) is 9.52. The van der Waals surface area contributed by atoms with Crippen LogP contribution in [-0.2, 0) is 6.42 Å². The number of aromatic nitrogens is 4. The van der Waals surface area contributed by atoms with Gasteiger partial charge in [-0.25, -0.2) is 9.97 Å². The number of nitrogens with zero attached hydrogens (tertiary/aromatic N) is 5. The number of hydrogen-bond acceptors (Lipinski definition) is 7. The molecule has 2 fully saturated rings. The van der Waals surface area contributed by atoms with E-state index in [4.69, 9.17) is 4.42 Å². The predicted molar refractivity (Wildman–Crippen MR) is 118 cm³/mol. The highest BCUT2D eigenvalue weighted by Crippen LogP contribution is 2.64. The Morgan fingerprint density at radius 3 is 2.77 bits per heavy atom. The van der Waals surface area contributed by atoms with Crippen LogP contribution in [0.2, 0.25) is 0 Å². The maximum atomic E-state index is 6.05. The van der Waals surface area contributed by atoms with Gasteiger partial charge in [0.05, 0.1) is 5.39 Å². The first-order valence-corrected chi connectivity index (χ1v) is 11.4. The lowest BCUT2D eigenvalue weighted by molar-refractivity contribution is 0.352. The zero-order valence-corrected chi connectivity index (χ0v) is 17.7. The molecule has 2 aliphatic rings. The molecule has 30 heavy (non-hydrogen) atoms. The third kappa shape index (κ3) is 2.91. The molecule has 1 aromatic carbocycles. The van der Waals surface area contributed by atoms with Crippen LogP contribution in [0.25, 0.3) is 21.7 Å². The number of thiophene rings is 1. The van der Waals surface area contributed by atoms with Crippen molar-refractivity contribution >= 4 is 27.4 Å². The summed E-state index contributed by atoms with van der Waals surface area (Å²) in [7, 11) is 0. The first-order valence-electron chi connectivity index (χ1n) is 10.6. The molecule has 0 unspecified atom stereocenters. The van der Waals surface area contributed by atoms with Crippen molar-refractivity contribution in [3.8, 4) is 11.5 Å². The van der Waals surface area contributed by atoms with Gasteiger partial charge < -0.3 is 9.32 Å². The van der Waals surface area contributed by atoms with Crippen LogP contribution >= 0.6 is 11.3 Å². The third-order valence-electron chi connectivity index (χ3n) is 6.72. The molecule has 6 nitrogen and oxygen atoms in total. The van der Waals surface area contributed by atoms with Crippen molar-refractivity contribution in [3.63, 3.8) is 0 Å². The van der Waals surface area contributed by atoms with Gasteiger partial charge >= 0.3 is 0 Å². The Bertz CT molecular complexity index is 1190. The van der Waals surface area contributed by atoms with E-state index < -0.39 is 0 Å². The number of anilines is 1. The SMILES string of the molecule is CCc1cc2c(N3CCC4(CC3)C[C@@H]4c3nnc(-c4ccccc4)o3)ncnc2s1. The average molecular weight is 418 g/mol. The van der Waals surface area contributed by atoms with Crippen LogP contribution in [-0.4, -0.2) is 33.3 Å². The first-order chi connectivity index (χ1) is 14.8. The smallest absolute Gasteiger partial charge is 0.247 e. The molecule has 3 aromatic heterocycles. The van der Waals surface area contributed by atoms with Crippen molar-refractivity contribution in [2.45, 2.75) is 38.5 Å². The molecule has 152 valence electrons. The van der Waals surface area contributed by atoms with Crippen LogP contribution in [0.1, 0.15) is 42.9 Å². The molecule has 0 N–H and O–H groups in total. The van der Waals surface area contributed by atoms with Gasteiger partial charge in [-0.1, -0.05) is 25.1 Å². The lowest BCUT2D eigenvalue weighted by Crippen LogP contribution is -2.35. The fourth-order valence-electron chi connectivity index (χ4n) is 4.81. The molecule has 0 radical (unpaired) electrons. The molecule has 7 heteroatoms. The van der Waals surface area contributed by atoms with Gasteiger partial charge in [-0.15, -0.1) is 21.5 Å². The van der Waals surface area contributed by atoms with E-state index in [0.717, 1.165) is 60.9 Å². The Morgan fingerprint density at radius 1 is 1.13 bits per heavy atom. The molecule has 1 atom stereocenters. The average Bonchev–Trinajstić information content (AvgIpc) is 3.15. The van der Waals surface area contributed by atoms with Crippen molar-refractivity contribution in [3.05, 3.63) is 53.5 Å². The minimum atomic E-state index is 0.312. The van der Waals surface area contributed by atoms with Gasteiger partial charge in [0.25, 0.3) is 0 Å². The first kappa shape index (κ1) is 18.0. The van der Waals surface area contributed by atoms with E-state index in [1.165, 1.54) is 10.3 Å². The second kappa shape index (κ2) is 6.87. The van der Waals surface area contributed by atoms with Gasteiger partial charge in [0, 0.05) is 29.4 Å². The topological polar surface area (TPSA) is 67.9 Å². The maximum absolute atomic E-state index is 6.05. The summed E-state index contributed by atoms with van der Waals surface area (Å²) >= 11 is 1.78. The summed E-state index contributed by atoms with van der Waals surface area (Å²) in [6.07, 6.45) is 6.17. The highest BCUT2D eigenvalue weighted by atomic mass is 32.1. The molecule has 1 spiro atoms. The number of piperidine rings is 1. The summed E-state index contributed by atoms with van der Waals surface area (Å²) in [4.78, 5) is 14.0. The van der Waals surface area contributed by atoms with Crippen molar-refractivity contribution in [2.24, 2.45) is 5.41 Å². The molecule has 1 aliphatic heterocycles. The fourth-order valence-corrected chi connectivity index (χ4v) is 5.73. The monoisotopic (exact) mass is 417 g/mol. The Balaban J connectivity index is 1.18. The summed E-state index contributed by atoms with van der Waals surface area (Å²) in [5.41, 5.74) is 1.29. The van der Waals surface area contributed by atoms with Gasteiger partial charge in [0.2, 0.25) is 11.8 Å².